The van der Waals surface area contributed by atoms with Gasteiger partial charge in [0, 0.05) is 19.4 Å². The number of aromatic hydroxyl groups is 1. The maximum Gasteiger partial charge on any atom is 0.322 e. The molecule has 4 amide bonds. The molecule has 0 saturated heterocycles. The van der Waals surface area contributed by atoms with Gasteiger partial charge in [0.15, 0.2) is 5.96 Å². The van der Waals surface area contributed by atoms with E-state index in [1.165, 1.54) is 12.1 Å². The standard InChI is InChI=1S/C32H47N9O7/c33-15-5-4-9-23(34)28(45)40-25(17-20-7-2-1-3-8-20)31(48)41-26(18-21-11-13-22(42)14-12-21)30(47)39-24(10-6-16-37-32(35)36)29(46)38-19-27(43)44/h1-3,7-8,11-14,23-26,42H,4-6,9-10,15-19,33-34H2,(H,38,46)(H,39,47)(H,40,45)(H,41,48)(H,43,44)(H4,35,36,37)/t23-,24+,25+,26-/m0/s1. The fraction of sp³-hybridized carbons (Fsp3) is 0.438. The van der Waals surface area contributed by atoms with Crippen molar-refractivity contribution in [3.8, 4) is 5.75 Å². The number of carbonyl (C=O) groups is 5. The Hall–Kier alpha value is -5.22. The van der Waals surface area contributed by atoms with Gasteiger partial charge in [0.05, 0.1) is 6.04 Å². The number of benzene rings is 2. The van der Waals surface area contributed by atoms with E-state index in [1.54, 1.807) is 36.4 Å². The van der Waals surface area contributed by atoms with Crippen molar-refractivity contribution in [2.24, 2.45) is 17.2 Å². The van der Waals surface area contributed by atoms with Crippen molar-refractivity contribution in [1.29, 1.82) is 5.41 Å². The zero-order valence-corrected chi connectivity index (χ0v) is 26.7. The number of nitrogens with one attached hydrogen (secondary N) is 6. The number of guanidine groups is 1. The summed E-state index contributed by atoms with van der Waals surface area (Å²) < 4.78 is 0. The Morgan fingerprint density at radius 3 is 1.83 bits per heavy atom. The molecular weight excluding hydrogens is 622 g/mol. The summed E-state index contributed by atoms with van der Waals surface area (Å²) in [6.07, 6.45) is 2.03. The van der Waals surface area contributed by atoms with Crippen LogP contribution in [0.3, 0.4) is 0 Å². The average Bonchev–Trinajstić information content (AvgIpc) is 3.05. The highest BCUT2D eigenvalue weighted by atomic mass is 16.4. The van der Waals surface area contributed by atoms with Gasteiger partial charge in [-0.25, -0.2) is 0 Å². The summed E-state index contributed by atoms with van der Waals surface area (Å²) in [5.74, 6) is -4.32. The lowest BCUT2D eigenvalue weighted by Crippen LogP contribution is -2.58. The number of nitrogens with two attached hydrogens (primary N) is 3. The van der Waals surface area contributed by atoms with Gasteiger partial charge in [0.25, 0.3) is 0 Å². The predicted molar refractivity (Wildman–Crippen MR) is 178 cm³/mol. The summed E-state index contributed by atoms with van der Waals surface area (Å²) in [4.78, 5) is 64.5. The van der Waals surface area contributed by atoms with Crippen molar-refractivity contribution in [3.05, 3.63) is 65.7 Å². The summed E-state index contributed by atoms with van der Waals surface area (Å²) in [6.45, 7) is -0.0220. The van der Waals surface area contributed by atoms with Crippen LogP contribution in [0.1, 0.15) is 43.2 Å². The number of phenolic OH excluding ortho intramolecular Hbond substituents is 1. The first-order chi connectivity index (χ1) is 22.9. The zero-order chi connectivity index (χ0) is 35.5. The maximum atomic E-state index is 13.8. The van der Waals surface area contributed by atoms with Crippen molar-refractivity contribution in [3.63, 3.8) is 0 Å². The fourth-order valence-corrected chi connectivity index (χ4v) is 4.68. The summed E-state index contributed by atoms with van der Waals surface area (Å²) in [5, 5.41) is 38.9. The Labute approximate surface area is 279 Å². The van der Waals surface area contributed by atoms with E-state index in [9.17, 15) is 29.1 Å². The summed E-state index contributed by atoms with van der Waals surface area (Å²) in [7, 11) is 0. The normalized spacial score (nSPS) is 13.2. The van der Waals surface area contributed by atoms with Crippen LogP contribution in [0.25, 0.3) is 0 Å². The van der Waals surface area contributed by atoms with E-state index in [-0.39, 0.29) is 43.9 Å². The SMILES string of the molecule is N=C(N)NCCC[C@@H](NC(=O)[C@H](Cc1ccc(O)cc1)NC(=O)[C@@H](Cc1ccccc1)NC(=O)[C@@H](N)CCCCN)C(=O)NCC(=O)O. The van der Waals surface area contributed by atoms with E-state index in [0.29, 0.717) is 31.4 Å². The van der Waals surface area contributed by atoms with Crippen LogP contribution in [-0.4, -0.2) is 89.6 Å². The van der Waals surface area contributed by atoms with Gasteiger partial charge >= 0.3 is 5.97 Å². The molecule has 0 saturated carbocycles. The Balaban J connectivity index is 2.33. The number of carbonyl (C=O) groups excluding carboxylic acids is 4. The first-order valence-electron chi connectivity index (χ1n) is 15.7. The Morgan fingerprint density at radius 1 is 0.708 bits per heavy atom. The summed E-state index contributed by atoms with van der Waals surface area (Å²) >= 11 is 0. The van der Waals surface area contributed by atoms with E-state index in [4.69, 9.17) is 27.7 Å². The number of carboxylic acid groups (broad SMARTS) is 1. The second-order valence-electron chi connectivity index (χ2n) is 11.2. The third-order valence-corrected chi connectivity index (χ3v) is 7.26. The Morgan fingerprint density at radius 2 is 1.27 bits per heavy atom. The van der Waals surface area contributed by atoms with Crippen LogP contribution >= 0.6 is 0 Å². The van der Waals surface area contributed by atoms with Crippen LogP contribution in [-0.2, 0) is 36.8 Å². The van der Waals surface area contributed by atoms with Gasteiger partial charge in [-0.15, -0.1) is 0 Å². The van der Waals surface area contributed by atoms with E-state index >= 15 is 0 Å². The largest absolute Gasteiger partial charge is 0.508 e. The van der Waals surface area contributed by atoms with Crippen molar-refractivity contribution in [2.45, 2.75) is 69.1 Å². The second kappa shape index (κ2) is 20.8. The molecule has 14 N–H and O–H groups in total. The number of carboxylic acids is 1. The lowest BCUT2D eigenvalue weighted by Gasteiger charge is -2.26. The van der Waals surface area contributed by atoms with Crippen LogP contribution in [0, 0.1) is 5.41 Å². The number of rotatable bonds is 21. The first kappa shape index (κ1) is 39.0. The third-order valence-electron chi connectivity index (χ3n) is 7.26. The molecule has 0 aliphatic heterocycles. The molecule has 2 aromatic rings. The zero-order valence-electron chi connectivity index (χ0n) is 26.7. The van der Waals surface area contributed by atoms with Crippen LogP contribution in [0.2, 0.25) is 0 Å². The highest BCUT2D eigenvalue weighted by Gasteiger charge is 2.31. The molecule has 2 aromatic carbocycles. The molecule has 0 aliphatic carbocycles. The van der Waals surface area contributed by atoms with Gasteiger partial charge in [-0.3, -0.25) is 29.4 Å². The minimum Gasteiger partial charge on any atom is -0.508 e. The highest BCUT2D eigenvalue weighted by Crippen LogP contribution is 2.13. The van der Waals surface area contributed by atoms with E-state index in [2.05, 4.69) is 26.6 Å². The van der Waals surface area contributed by atoms with Gasteiger partial charge in [0.1, 0.15) is 30.4 Å². The van der Waals surface area contributed by atoms with Crippen molar-refractivity contribution in [1.82, 2.24) is 26.6 Å². The topological polar surface area (TPSA) is 288 Å². The van der Waals surface area contributed by atoms with Crippen molar-refractivity contribution < 1.29 is 34.2 Å². The number of aliphatic carboxylic acids is 1. The third kappa shape index (κ3) is 14.9. The highest BCUT2D eigenvalue weighted by molar-refractivity contribution is 5.95. The van der Waals surface area contributed by atoms with Gasteiger partial charge in [-0.2, -0.15) is 0 Å². The Bertz CT molecular complexity index is 1360. The predicted octanol–water partition coefficient (Wildman–Crippen LogP) is -1.45. The molecule has 0 heterocycles. The minimum atomic E-state index is -1.28. The quantitative estimate of drug-likeness (QED) is 0.0415. The molecule has 16 nitrogen and oxygen atoms in total. The van der Waals surface area contributed by atoms with E-state index in [0.717, 1.165) is 5.56 Å². The summed E-state index contributed by atoms with van der Waals surface area (Å²) in [5.41, 5.74) is 18.3. The minimum absolute atomic E-state index is 0.00781. The number of hydrogen-bond donors (Lipinski definition) is 11. The maximum absolute atomic E-state index is 13.8. The molecule has 0 fully saturated rings. The second-order valence-corrected chi connectivity index (χ2v) is 11.2. The fourth-order valence-electron chi connectivity index (χ4n) is 4.68. The average molecular weight is 670 g/mol. The molecule has 0 aliphatic rings. The number of amides is 4. The van der Waals surface area contributed by atoms with Gasteiger partial charge in [-0.05, 0) is 55.5 Å². The number of phenols is 1. The van der Waals surface area contributed by atoms with E-state index in [1.807, 2.05) is 6.07 Å². The summed E-state index contributed by atoms with van der Waals surface area (Å²) in [6, 6.07) is 10.4. The molecule has 0 radical (unpaired) electrons. The van der Waals surface area contributed by atoms with Crippen molar-refractivity contribution >= 4 is 35.6 Å². The molecule has 262 valence electrons. The van der Waals surface area contributed by atoms with E-state index < -0.39 is 60.3 Å². The smallest absolute Gasteiger partial charge is 0.322 e. The van der Waals surface area contributed by atoms with Crippen LogP contribution in [0.15, 0.2) is 54.6 Å². The monoisotopic (exact) mass is 669 g/mol. The number of hydrogen-bond acceptors (Lipinski definition) is 9. The first-order valence-corrected chi connectivity index (χ1v) is 15.7. The van der Waals surface area contributed by atoms with Crippen LogP contribution < -0.4 is 43.8 Å². The molecule has 0 unspecified atom stereocenters. The lowest BCUT2D eigenvalue weighted by atomic mass is 10.0. The van der Waals surface area contributed by atoms with Crippen molar-refractivity contribution in [2.75, 3.05) is 19.6 Å². The van der Waals surface area contributed by atoms with Gasteiger partial charge in [-0.1, -0.05) is 48.9 Å². The molecule has 48 heavy (non-hydrogen) atoms. The molecule has 2 rings (SSSR count). The van der Waals surface area contributed by atoms with Crippen LogP contribution in [0.5, 0.6) is 5.75 Å². The lowest BCUT2D eigenvalue weighted by molar-refractivity contribution is -0.138. The molecule has 16 heteroatoms. The molecule has 4 atom stereocenters. The molecule has 0 bridgehead atoms. The van der Waals surface area contributed by atoms with Gasteiger partial charge < -0.3 is 54.0 Å². The van der Waals surface area contributed by atoms with Crippen LogP contribution in [0.4, 0.5) is 0 Å². The molecule has 0 aromatic heterocycles. The Kier molecular flexibility index (Phi) is 16.9. The molecular formula is C32H47N9O7. The molecule has 0 spiro atoms. The number of unbranched alkanes of at least 4 members (excludes halogenated alkanes) is 1. The van der Waals surface area contributed by atoms with Gasteiger partial charge in [0.2, 0.25) is 23.6 Å².